The van der Waals surface area contributed by atoms with Crippen LogP contribution >= 0.6 is 0 Å². The van der Waals surface area contributed by atoms with Gasteiger partial charge >= 0.3 is 12.1 Å². The van der Waals surface area contributed by atoms with Gasteiger partial charge in [0.2, 0.25) is 17.0 Å². The molecule has 3 aliphatic heterocycles. The Morgan fingerprint density at radius 3 is 1.33 bits per heavy atom. The van der Waals surface area contributed by atoms with Crippen LogP contribution in [0.4, 0.5) is 13.2 Å². The molecule has 0 spiro atoms. The fourth-order valence-electron chi connectivity index (χ4n) is 5.10. The lowest BCUT2D eigenvalue weighted by Gasteiger charge is -2.33. The van der Waals surface area contributed by atoms with Gasteiger partial charge in [-0.25, -0.2) is 4.79 Å². The fourth-order valence-corrected chi connectivity index (χ4v) is 5.10. The van der Waals surface area contributed by atoms with Crippen molar-refractivity contribution < 1.29 is 32.2 Å². The molecule has 0 saturated heterocycles. The van der Waals surface area contributed by atoms with E-state index >= 15 is 0 Å². The van der Waals surface area contributed by atoms with E-state index in [1.165, 1.54) is 0 Å². The molecule has 0 amide bonds. The number of benzene rings is 3. The van der Waals surface area contributed by atoms with Crippen LogP contribution in [0.5, 0.6) is 0 Å². The maximum atomic E-state index is 14.1. The van der Waals surface area contributed by atoms with Gasteiger partial charge in [-0.1, -0.05) is 60.7 Å². The molecule has 0 aromatic heterocycles. The quantitative estimate of drug-likeness (QED) is 0.157. The number of carbonyl (C=O) groups is 1. The summed E-state index contributed by atoms with van der Waals surface area (Å²) >= 11 is 0. The predicted octanol–water partition coefficient (Wildman–Crippen LogP) is 8.13. The molecule has 13 heteroatoms. The van der Waals surface area contributed by atoms with Gasteiger partial charge in [0.05, 0.1) is 43.8 Å². The first kappa shape index (κ1) is 31.6. The molecule has 0 unspecified atom stereocenters. The predicted molar refractivity (Wildman–Crippen MR) is 159 cm³/mol. The normalized spacial score (nSPS) is 18.0. The fraction of sp³-hybridized carbons (Fsp3) is 0.424. The highest BCUT2D eigenvalue weighted by atomic mass is 19.4. The zero-order valence-corrected chi connectivity index (χ0v) is 25.6. The van der Waals surface area contributed by atoms with Crippen LogP contribution in [0.25, 0.3) is 0 Å². The molecule has 0 atom stereocenters. The summed E-state index contributed by atoms with van der Waals surface area (Å²) < 4.78 is 59.5. The summed E-state index contributed by atoms with van der Waals surface area (Å²) in [6.07, 6.45) is -5.87. The highest BCUT2D eigenvalue weighted by Gasteiger charge is 2.45. The third kappa shape index (κ3) is 7.53. The highest BCUT2D eigenvalue weighted by molar-refractivity contribution is 5.89. The minimum Gasteiger partial charge on any atom is -0.461 e. The molecule has 3 aromatic rings. The van der Waals surface area contributed by atoms with Crippen LogP contribution in [0.2, 0.25) is 0 Å². The lowest BCUT2D eigenvalue weighted by atomic mass is 9.86. The molecule has 10 nitrogen and oxygen atoms in total. The maximum Gasteiger partial charge on any atom is 0.389 e. The first-order valence-electron chi connectivity index (χ1n) is 14.8. The van der Waals surface area contributed by atoms with Gasteiger partial charge in [-0.15, -0.1) is 0 Å². The molecule has 3 aliphatic rings. The van der Waals surface area contributed by atoms with E-state index in [0.29, 0.717) is 0 Å². The summed E-state index contributed by atoms with van der Waals surface area (Å²) in [5.41, 5.74) is 0.920. The van der Waals surface area contributed by atoms with Gasteiger partial charge in [-0.3, -0.25) is 0 Å². The van der Waals surface area contributed by atoms with Gasteiger partial charge in [-0.05, 0) is 44.0 Å². The Kier molecular flexibility index (Phi) is 8.09. The molecule has 0 aliphatic carbocycles. The zero-order valence-electron chi connectivity index (χ0n) is 25.6. The Bertz CT molecular complexity index is 1580. The number of esters is 1. The molecule has 3 aromatic carbocycles. The Morgan fingerprint density at radius 1 is 0.609 bits per heavy atom. The van der Waals surface area contributed by atoms with Gasteiger partial charge in [0.25, 0.3) is 0 Å². The van der Waals surface area contributed by atoms with Crippen LogP contribution in [0.15, 0.2) is 103 Å². The molecule has 0 saturated carbocycles. The average Bonchev–Trinajstić information content (AvgIpc) is 3.97. The molecule has 0 N–H and O–H groups in total. The monoisotopic (exact) mass is 634 g/mol. The largest absolute Gasteiger partial charge is 0.461 e. The highest BCUT2D eigenvalue weighted by Crippen LogP contribution is 2.41. The van der Waals surface area contributed by atoms with Crippen molar-refractivity contribution in [3.05, 3.63) is 106 Å². The second-order valence-corrected chi connectivity index (χ2v) is 12.5. The van der Waals surface area contributed by atoms with Crippen molar-refractivity contribution in [3.63, 3.8) is 0 Å². The van der Waals surface area contributed by atoms with Crippen LogP contribution < -0.4 is 0 Å². The van der Waals surface area contributed by atoms with E-state index in [1.807, 2.05) is 69.3 Å². The molecule has 0 fully saturated rings. The van der Waals surface area contributed by atoms with E-state index in [2.05, 4.69) is 30.7 Å². The SMILES string of the molecule is CC1(c2ccc(COCC(COCc3ccc(C4(C)N=N4)cc3)(COC(=O)c3ccc(C4(C)N=N4)cc3)CC(F)(F)F)cc2)N=N1. The summed E-state index contributed by atoms with van der Waals surface area (Å²) in [4.78, 5) is 13.0. The molecule has 240 valence electrons. The number of alkyl halides is 3. The first-order valence-corrected chi connectivity index (χ1v) is 14.8. The summed E-state index contributed by atoms with van der Waals surface area (Å²) in [5, 5.41) is 24.0. The molecule has 0 radical (unpaired) electrons. The molecular weight excluding hydrogens is 601 g/mol. The van der Waals surface area contributed by atoms with E-state index < -0.39 is 47.6 Å². The first-order chi connectivity index (χ1) is 21.8. The van der Waals surface area contributed by atoms with E-state index in [1.54, 1.807) is 24.3 Å². The smallest absolute Gasteiger partial charge is 0.389 e. The second kappa shape index (κ2) is 11.8. The molecule has 0 bridgehead atoms. The lowest BCUT2D eigenvalue weighted by Crippen LogP contribution is -2.42. The molecular formula is C33H33F3N6O4. The van der Waals surface area contributed by atoms with Crippen molar-refractivity contribution in [1.82, 2.24) is 0 Å². The Morgan fingerprint density at radius 2 is 0.978 bits per heavy atom. The van der Waals surface area contributed by atoms with Crippen molar-refractivity contribution in [2.24, 2.45) is 36.1 Å². The Labute approximate surface area is 263 Å². The van der Waals surface area contributed by atoms with Crippen LogP contribution in [-0.4, -0.2) is 32.0 Å². The van der Waals surface area contributed by atoms with E-state index in [9.17, 15) is 18.0 Å². The number of nitrogens with zero attached hydrogens (tertiary/aromatic N) is 6. The van der Waals surface area contributed by atoms with Crippen molar-refractivity contribution in [3.8, 4) is 0 Å². The van der Waals surface area contributed by atoms with Crippen LogP contribution in [0, 0.1) is 5.41 Å². The standard InChI is InChI=1S/C33H33F3N6O4/c1-29(37-38-29)25-10-4-22(5-11-25)16-44-19-32(18-33(34,35)36,20-45-17-23-6-12-26(13-7-23)30(2)39-40-30)21-46-28(43)24-8-14-27(15-9-24)31(3)41-42-31/h4-15H,16-21H2,1-3H3. The minimum atomic E-state index is -4.59. The van der Waals surface area contributed by atoms with Gasteiger partial charge < -0.3 is 14.2 Å². The van der Waals surface area contributed by atoms with Crippen LogP contribution in [0.1, 0.15) is 65.4 Å². The third-order valence-corrected chi connectivity index (χ3v) is 8.31. The lowest BCUT2D eigenvalue weighted by molar-refractivity contribution is -0.186. The Hall–Kier alpha value is -4.36. The number of ether oxygens (including phenoxy) is 3. The molecule has 6 rings (SSSR count). The second-order valence-electron chi connectivity index (χ2n) is 12.5. The Balaban J connectivity index is 1.14. The summed E-state index contributed by atoms with van der Waals surface area (Å²) in [5.74, 6) is -0.757. The van der Waals surface area contributed by atoms with Crippen molar-refractivity contribution in [1.29, 1.82) is 0 Å². The van der Waals surface area contributed by atoms with Crippen molar-refractivity contribution in [2.45, 2.75) is 63.6 Å². The number of hydrogen-bond donors (Lipinski definition) is 0. The van der Waals surface area contributed by atoms with E-state index in [0.717, 1.165) is 27.8 Å². The van der Waals surface area contributed by atoms with Crippen molar-refractivity contribution in [2.75, 3.05) is 19.8 Å². The summed E-state index contributed by atoms with van der Waals surface area (Å²) in [7, 11) is 0. The minimum absolute atomic E-state index is 0.0471. The zero-order chi connectivity index (χ0) is 32.6. The molecule has 46 heavy (non-hydrogen) atoms. The van der Waals surface area contributed by atoms with Gasteiger partial charge in [0.15, 0.2) is 0 Å². The van der Waals surface area contributed by atoms with E-state index in [-0.39, 0.29) is 32.0 Å². The maximum absolute atomic E-state index is 14.1. The molecule has 3 heterocycles. The average molecular weight is 635 g/mol. The van der Waals surface area contributed by atoms with Gasteiger partial charge in [0.1, 0.15) is 6.61 Å². The van der Waals surface area contributed by atoms with Crippen molar-refractivity contribution >= 4 is 5.97 Å². The number of carbonyl (C=O) groups excluding carboxylic acids is 1. The van der Waals surface area contributed by atoms with Gasteiger partial charge in [0, 0.05) is 16.7 Å². The number of rotatable bonds is 15. The topological polar surface area (TPSA) is 119 Å². The van der Waals surface area contributed by atoms with E-state index in [4.69, 9.17) is 14.2 Å². The van der Waals surface area contributed by atoms with Crippen LogP contribution in [-0.2, 0) is 44.4 Å². The van der Waals surface area contributed by atoms with Gasteiger partial charge in [-0.2, -0.15) is 43.9 Å². The third-order valence-electron chi connectivity index (χ3n) is 8.31. The van der Waals surface area contributed by atoms with Crippen LogP contribution in [0.3, 0.4) is 0 Å². The summed E-state index contributed by atoms with van der Waals surface area (Å²) in [6.45, 7) is 4.37. The number of hydrogen-bond acceptors (Lipinski definition) is 10. The number of halogens is 3. The summed E-state index contributed by atoms with van der Waals surface area (Å²) in [6, 6.07) is 21.2.